The van der Waals surface area contributed by atoms with Crippen LogP contribution in [0.4, 0.5) is 5.69 Å². The van der Waals surface area contributed by atoms with Gasteiger partial charge in [-0.25, -0.2) is 4.79 Å². The number of non-ortho nitro benzene ring substituents is 1. The minimum absolute atomic E-state index is 0.0117. The molecule has 1 unspecified atom stereocenters. The number of ether oxygens (including phenoxy) is 4. The molecule has 1 aromatic carbocycles. The number of hydroxylamine groups is 1. The molecule has 2 rings (SSSR count). The molecule has 1 atom stereocenters. The zero-order valence-electron chi connectivity index (χ0n) is 22.1. The molecule has 204 valence electrons. The van der Waals surface area contributed by atoms with Gasteiger partial charge < -0.3 is 28.7 Å². The minimum atomic E-state index is -1.72. The molecule has 0 radical (unpaired) electrons. The fourth-order valence-corrected chi connectivity index (χ4v) is 4.61. The summed E-state index contributed by atoms with van der Waals surface area (Å²) in [6.07, 6.45) is 0. The van der Waals surface area contributed by atoms with Crippen LogP contribution in [0.2, 0.25) is 0 Å². The number of carbonyl (C=O) groups is 1. The first kappa shape index (κ1) is 30.5. The van der Waals surface area contributed by atoms with Gasteiger partial charge in [-0.1, -0.05) is 12.1 Å². The van der Waals surface area contributed by atoms with E-state index >= 15 is 0 Å². The van der Waals surface area contributed by atoms with Crippen LogP contribution in [-0.4, -0.2) is 104 Å². The standard InChI is InChI=1S/C24H34N3O9P/c1-17-21(23(28)34-11-10-25(3)4)24(35-14-12-32-5,19-8-7-9-20(16-19)27(29)30)22(37-31)18(2)26(17)36-15-13-33-6/h7-9,16H,10-15H2,1-6H3/p+1. The topological polar surface area (TPSA) is 133 Å². The van der Waals surface area contributed by atoms with E-state index < -0.39 is 16.5 Å². The molecule has 1 N–H and O–H groups in total. The highest BCUT2D eigenvalue weighted by Gasteiger charge is 2.56. The predicted molar refractivity (Wildman–Crippen MR) is 138 cm³/mol. The number of rotatable bonds is 14. The maximum Gasteiger partial charge on any atom is 0.344 e. The molecule has 0 aliphatic carbocycles. The number of esters is 1. The van der Waals surface area contributed by atoms with E-state index in [1.807, 2.05) is 19.0 Å². The molecule has 1 aliphatic heterocycles. The van der Waals surface area contributed by atoms with E-state index in [9.17, 15) is 19.8 Å². The molecule has 13 heteroatoms. The molecular weight excluding hydrogens is 505 g/mol. The first-order valence-electron chi connectivity index (χ1n) is 11.5. The first-order chi connectivity index (χ1) is 17.6. The van der Waals surface area contributed by atoms with Crippen molar-refractivity contribution in [2.45, 2.75) is 19.4 Å². The molecule has 0 fully saturated rings. The molecule has 0 amide bonds. The Morgan fingerprint density at radius 1 is 1.14 bits per heavy atom. The number of allylic oxidation sites excluding steroid dienone is 1. The molecular formula is C24H35N3O9P+. The van der Waals surface area contributed by atoms with Gasteiger partial charge in [-0.15, -0.1) is 0 Å². The Balaban J connectivity index is 2.84. The highest BCUT2D eigenvalue weighted by atomic mass is 31.1. The van der Waals surface area contributed by atoms with Crippen LogP contribution in [0.1, 0.15) is 19.4 Å². The molecule has 0 aromatic heterocycles. The summed E-state index contributed by atoms with van der Waals surface area (Å²) in [4.78, 5) is 43.2. The van der Waals surface area contributed by atoms with Crippen LogP contribution in [-0.2, 0) is 34.2 Å². The smallest absolute Gasteiger partial charge is 0.344 e. The normalized spacial score (nSPS) is 19.1. The van der Waals surface area contributed by atoms with Crippen LogP contribution in [0.15, 0.2) is 35.5 Å². The third kappa shape index (κ3) is 6.98. The van der Waals surface area contributed by atoms with Gasteiger partial charge >= 0.3 is 5.97 Å². The Labute approximate surface area is 218 Å². The molecule has 0 spiro atoms. The van der Waals surface area contributed by atoms with Gasteiger partial charge in [-0.3, -0.25) is 15.0 Å². The number of carbonyl (C=O) groups excluding carboxylic acids is 1. The van der Waals surface area contributed by atoms with Gasteiger partial charge in [0.25, 0.3) is 5.69 Å². The van der Waals surface area contributed by atoms with Gasteiger partial charge in [0.15, 0.2) is 12.2 Å². The quantitative estimate of drug-likeness (QED) is 0.0932. The third-order valence-electron chi connectivity index (χ3n) is 5.65. The number of nitro benzene ring substituents is 1. The van der Waals surface area contributed by atoms with Crippen molar-refractivity contribution in [1.82, 2.24) is 4.90 Å². The van der Waals surface area contributed by atoms with Crippen molar-refractivity contribution < 1.29 is 43.1 Å². The largest absolute Gasteiger partial charge is 0.461 e. The van der Waals surface area contributed by atoms with Gasteiger partial charge in [-0.05, 0) is 14.1 Å². The number of hydrogen-bond donors (Lipinski definition) is 1. The number of nitro groups is 1. The molecule has 12 nitrogen and oxygen atoms in total. The summed E-state index contributed by atoms with van der Waals surface area (Å²) in [5.74, 6) is -0.711. The predicted octanol–water partition coefficient (Wildman–Crippen LogP) is 1.92. The lowest BCUT2D eigenvalue weighted by molar-refractivity contribution is -0.754. The number of likely N-dealkylation sites (N-methyl/N-ethyl adjacent to an activating group) is 1. The van der Waals surface area contributed by atoms with Gasteiger partial charge in [0.1, 0.15) is 17.5 Å². The minimum Gasteiger partial charge on any atom is -0.461 e. The Bertz CT molecular complexity index is 1070. The Morgan fingerprint density at radius 2 is 1.81 bits per heavy atom. The average molecular weight is 541 g/mol. The van der Waals surface area contributed by atoms with Crippen LogP contribution < -0.4 is 0 Å². The summed E-state index contributed by atoms with van der Waals surface area (Å²) in [7, 11) is 6.49. The highest BCUT2D eigenvalue weighted by molar-refractivity contribution is 7.38. The van der Waals surface area contributed by atoms with Crippen molar-refractivity contribution in [3.05, 3.63) is 51.2 Å². The summed E-state index contributed by atoms with van der Waals surface area (Å²) < 4.78 is 23.7. The van der Waals surface area contributed by atoms with E-state index in [-0.39, 0.29) is 63.6 Å². The molecule has 0 bridgehead atoms. The van der Waals surface area contributed by atoms with Crippen molar-refractivity contribution in [1.29, 1.82) is 0 Å². The zero-order valence-corrected chi connectivity index (χ0v) is 22.9. The summed E-state index contributed by atoms with van der Waals surface area (Å²) in [5.41, 5.74) is -0.806. The van der Waals surface area contributed by atoms with E-state index in [1.165, 1.54) is 37.2 Å². The Morgan fingerprint density at radius 3 is 2.41 bits per heavy atom. The average Bonchev–Trinajstić information content (AvgIpc) is 2.86. The zero-order chi connectivity index (χ0) is 27.6. The van der Waals surface area contributed by atoms with Gasteiger partial charge in [-0.2, -0.15) is 0 Å². The van der Waals surface area contributed by atoms with Crippen molar-refractivity contribution in [3.63, 3.8) is 0 Å². The lowest BCUT2D eigenvalue weighted by atomic mass is 9.78. The summed E-state index contributed by atoms with van der Waals surface area (Å²) in [6.45, 7) is 4.56. The molecule has 1 heterocycles. The lowest BCUT2D eigenvalue weighted by Gasteiger charge is -2.37. The van der Waals surface area contributed by atoms with Crippen LogP contribution in [0.25, 0.3) is 0 Å². The lowest BCUT2D eigenvalue weighted by Crippen LogP contribution is -2.52. The molecule has 37 heavy (non-hydrogen) atoms. The van der Waals surface area contributed by atoms with Crippen LogP contribution in [0.5, 0.6) is 0 Å². The van der Waals surface area contributed by atoms with Crippen LogP contribution in [0, 0.1) is 10.1 Å². The summed E-state index contributed by atoms with van der Waals surface area (Å²) >= 11 is 0. The van der Waals surface area contributed by atoms with Crippen molar-refractivity contribution in [2.24, 2.45) is 0 Å². The maximum atomic E-state index is 13.7. The monoisotopic (exact) mass is 540 g/mol. The van der Waals surface area contributed by atoms with E-state index in [1.54, 1.807) is 19.9 Å². The van der Waals surface area contributed by atoms with E-state index in [2.05, 4.69) is 0 Å². The molecule has 1 aliphatic rings. The molecule has 0 saturated heterocycles. The highest BCUT2D eigenvalue weighted by Crippen LogP contribution is 2.43. The summed E-state index contributed by atoms with van der Waals surface area (Å²) in [6, 6.07) is 5.78. The van der Waals surface area contributed by atoms with E-state index in [0.717, 1.165) is 0 Å². The number of hydrogen-bond acceptors (Lipinski definition) is 10. The molecule has 0 saturated carbocycles. The third-order valence-corrected chi connectivity index (χ3v) is 6.49. The second-order valence-corrected chi connectivity index (χ2v) is 9.03. The second kappa shape index (κ2) is 14.3. The number of nitrogens with zero attached hydrogens (tertiary/aromatic N) is 3. The number of benzene rings is 1. The fraction of sp³-hybridized carbons (Fsp3) is 0.542. The van der Waals surface area contributed by atoms with Crippen LogP contribution >= 0.6 is 8.43 Å². The van der Waals surface area contributed by atoms with Crippen molar-refractivity contribution in [2.75, 3.05) is 67.9 Å². The summed E-state index contributed by atoms with van der Waals surface area (Å²) in [5, 5.41) is 11.9. The Hall–Kier alpha value is -2.73. The second-order valence-electron chi connectivity index (χ2n) is 8.38. The van der Waals surface area contributed by atoms with Crippen LogP contribution in [0.3, 0.4) is 0 Å². The molecule has 1 aromatic rings. The fourth-order valence-electron chi connectivity index (χ4n) is 3.93. The SMILES string of the molecule is COCCO[N+]1=C(C)C(=PO)C(OCCOC)(c2cccc([N+](=O)[O-])c2)C(C(=O)OCCN(C)C)=C1C. The van der Waals surface area contributed by atoms with Gasteiger partial charge in [0.2, 0.25) is 11.4 Å². The van der Waals surface area contributed by atoms with E-state index in [4.69, 9.17) is 23.8 Å². The van der Waals surface area contributed by atoms with Crippen molar-refractivity contribution >= 4 is 31.1 Å². The Kier molecular flexibility index (Phi) is 11.8. The van der Waals surface area contributed by atoms with Gasteiger partial charge in [0.05, 0.1) is 33.2 Å². The number of methoxy groups -OCH3 is 2. The van der Waals surface area contributed by atoms with Gasteiger partial charge in [0, 0.05) is 57.0 Å². The first-order valence-corrected chi connectivity index (χ1v) is 12.4. The van der Waals surface area contributed by atoms with E-state index in [0.29, 0.717) is 18.0 Å². The van der Waals surface area contributed by atoms with Crippen molar-refractivity contribution in [3.8, 4) is 0 Å². The maximum absolute atomic E-state index is 13.7.